The largest absolute Gasteiger partial charge is 0.481 e. The maximum absolute atomic E-state index is 12.8. The molecule has 2 unspecified atom stereocenters. The molecule has 8 heteroatoms. The summed E-state index contributed by atoms with van der Waals surface area (Å²) in [5.74, 6) is -1.94. The molecule has 1 saturated carbocycles. The molecule has 1 aromatic carbocycles. The van der Waals surface area contributed by atoms with E-state index in [9.17, 15) is 27.9 Å². The van der Waals surface area contributed by atoms with Crippen molar-refractivity contribution < 1.29 is 32.6 Å². The number of carboxylic acid groups (broad SMARTS) is 1. The number of hydrogen-bond acceptors (Lipinski definition) is 3. The van der Waals surface area contributed by atoms with Gasteiger partial charge in [0.05, 0.1) is 11.0 Å². The van der Waals surface area contributed by atoms with E-state index >= 15 is 0 Å². The Hall–Kier alpha value is -2.09. The Morgan fingerprint density at radius 2 is 1.96 bits per heavy atom. The molecule has 1 amide bonds. The molecule has 1 aromatic rings. The zero-order valence-corrected chi connectivity index (χ0v) is 14.0. The molecule has 2 aliphatic rings. The standard InChI is InChI=1S/C18H20F3NO4/c19-18(20,21)12-3-1-2-11(8-12)13-9-14(13)15(23)22-10-17(16(24)25)4-6-26-7-5-17/h1-3,8,13-14H,4-7,9-10H2,(H,22,23)(H,24,25). The number of rotatable bonds is 5. The maximum Gasteiger partial charge on any atom is 0.416 e. The fraction of sp³-hybridized carbons (Fsp3) is 0.556. The van der Waals surface area contributed by atoms with Crippen LogP contribution in [0.15, 0.2) is 24.3 Å². The van der Waals surface area contributed by atoms with Crippen molar-refractivity contribution in [2.75, 3.05) is 19.8 Å². The number of aliphatic carboxylic acids is 1. The number of amides is 1. The highest BCUT2D eigenvalue weighted by Gasteiger charge is 2.46. The topological polar surface area (TPSA) is 75.6 Å². The molecule has 1 aliphatic heterocycles. The quantitative estimate of drug-likeness (QED) is 0.835. The molecule has 142 valence electrons. The van der Waals surface area contributed by atoms with Crippen molar-refractivity contribution >= 4 is 11.9 Å². The van der Waals surface area contributed by atoms with E-state index in [0.29, 0.717) is 38.0 Å². The van der Waals surface area contributed by atoms with Gasteiger partial charge in [-0.1, -0.05) is 18.2 Å². The van der Waals surface area contributed by atoms with Gasteiger partial charge in [-0.05, 0) is 36.8 Å². The molecular weight excluding hydrogens is 351 g/mol. The number of ether oxygens (including phenoxy) is 1. The number of carbonyl (C=O) groups excluding carboxylic acids is 1. The number of nitrogens with one attached hydrogen (secondary N) is 1. The van der Waals surface area contributed by atoms with Crippen LogP contribution in [-0.2, 0) is 20.5 Å². The minimum Gasteiger partial charge on any atom is -0.481 e. The first-order valence-electron chi connectivity index (χ1n) is 8.49. The van der Waals surface area contributed by atoms with E-state index in [0.717, 1.165) is 12.1 Å². The summed E-state index contributed by atoms with van der Waals surface area (Å²) < 4.78 is 43.6. The molecule has 0 bridgehead atoms. The third-order valence-electron chi connectivity index (χ3n) is 5.27. The summed E-state index contributed by atoms with van der Waals surface area (Å²) in [7, 11) is 0. The van der Waals surface area contributed by atoms with E-state index in [-0.39, 0.29) is 18.4 Å². The molecule has 1 heterocycles. The van der Waals surface area contributed by atoms with Crippen LogP contribution in [0.1, 0.15) is 36.3 Å². The lowest BCUT2D eigenvalue weighted by atomic mass is 9.80. The Labute approximate surface area is 148 Å². The maximum atomic E-state index is 12.8. The molecule has 1 saturated heterocycles. The van der Waals surface area contributed by atoms with Crippen LogP contribution in [0.3, 0.4) is 0 Å². The molecule has 0 radical (unpaired) electrons. The second-order valence-corrected chi connectivity index (χ2v) is 6.99. The van der Waals surface area contributed by atoms with E-state index in [1.165, 1.54) is 6.07 Å². The van der Waals surface area contributed by atoms with Gasteiger partial charge in [0, 0.05) is 25.7 Å². The Morgan fingerprint density at radius 1 is 1.27 bits per heavy atom. The van der Waals surface area contributed by atoms with Crippen LogP contribution in [-0.4, -0.2) is 36.7 Å². The molecular formula is C18H20F3NO4. The van der Waals surface area contributed by atoms with Crippen molar-refractivity contribution in [3.05, 3.63) is 35.4 Å². The minimum absolute atomic E-state index is 0.0103. The van der Waals surface area contributed by atoms with E-state index < -0.39 is 29.0 Å². The number of alkyl halides is 3. The Balaban J connectivity index is 1.60. The highest BCUT2D eigenvalue weighted by molar-refractivity contribution is 5.84. The Kier molecular flexibility index (Phi) is 4.96. The summed E-state index contributed by atoms with van der Waals surface area (Å²) in [5.41, 5.74) is -1.28. The van der Waals surface area contributed by atoms with Crippen LogP contribution in [0.4, 0.5) is 13.2 Å². The first kappa shape index (κ1) is 18.7. The SMILES string of the molecule is O=C(NCC1(C(=O)O)CCOCC1)C1CC1c1cccc(C(F)(F)F)c1. The van der Waals surface area contributed by atoms with Gasteiger partial charge in [-0.25, -0.2) is 0 Å². The summed E-state index contributed by atoms with van der Waals surface area (Å²) in [4.78, 5) is 23.9. The number of carboxylic acids is 1. The smallest absolute Gasteiger partial charge is 0.416 e. The summed E-state index contributed by atoms with van der Waals surface area (Å²) >= 11 is 0. The molecule has 26 heavy (non-hydrogen) atoms. The monoisotopic (exact) mass is 371 g/mol. The zero-order chi connectivity index (χ0) is 18.9. The van der Waals surface area contributed by atoms with Gasteiger partial charge >= 0.3 is 12.1 Å². The van der Waals surface area contributed by atoms with Crippen molar-refractivity contribution in [3.8, 4) is 0 Å². The van der Waals surface area contributed by atoms with E-state index in [1.54, 1.807) is 6.07 Å². The van der Waals surface area contributed by atoms with Crippen molar-refractivity contribution in [1.82, 2.24) is 5.32 Å². The molecule has 0 aromatic heterocycles. The molecule has 5 nitrogen and oxygen atoms in total. The highest BCUT2D eigenvalue weighted by atomic mass is 19.4. The van der Waals surface area contributed by atoms with Gasteiger partial charge in [0.2, 0.25) is 5.91 Å². The second-order valence-electron chi connectivity index (χ2n) is 6.99. The van der Waals surface area contributed by atoms with Crippen molar-refractivity contribution in [2.45, 2.75) is 31.4 Å². The number of carbonyl (C=O) groups is 2. The number of benzene rings is 1. The second kappa shape index (κ2) is 6.90. The van der Waals surface area contributed by atoms with Gasteiger partial charge in [-0.15, -0.1) is 0 Å². The van der Waals surface area contributed by atoms with Gasteiger partial charge in [0.1, 0.15) is 0 Å². The van der Waals surface area contributed by atoms with Crippen molar-refractivity contribution in [3.63, 3.8) is 0 Å². The molecule has 2 atom stereocenters. The van der Waals surface area contributed by atoms with Gasteiger partial charge < -0.3 is 15.2 Å². The lowest BCUT2D eigenvalue weighted by Gasteiger charge is -2.33. The van der Waals surface area contributed by atoms with Crippen molar-refractivity contribution in [1.29, 1.82) is 0 Å². The van der Waals surface area contributed by atoms with Crippen LogP contribution in [0.5, 0.6) is 0 Å². The number of hydrogen-bond donors (Lipinski definition) is 2. The predicted molar refractivity (Wildman–Crippen MR) is 85.4 cm³/mol. The molecule has 3 rings (SSSR count). The minimum atomic E-state index is -4.42. The van der Waals surface area contributed by atoms with Gasteiger partial charge in [-0.2, -0.15) is 13.2 Å². The highest BCUT2D eigenvalue weighted by Crippen LogP contribution is 2.48. The molecule has 2 fully saturated rings. The zero-order valence-electron chi connectivity index (χ0n) is 14.0. The van der Waals surface area contributed by atoms with Crippen LogP contribution in [0, 0.1) is 11.3 Å². The Bertz CT molecular complexity index is 698. The predicted octanol–water partition coefficient (Wildman–Crippen LogP) is 2.81. The van der Waals surface area contributed by atoms with E-state index in [4.69, 9.17) is 4.74 Å². The lowest BCUT2D eigenvalue weighted by Crippen LogP contribution is -2.46. The lowest BCUT2D eigenvalue weighted by molar-refractivity contribution is -0.154. The fourth-order valence-electron chi connectivity index (χ4n) is 3.41. The van der Waals surface area contributed by atoms with Crippen LogP contribution in [0.25, 0.3) is 0 Å². The number of halogens is 3. The van der Waals surface area contributed by atoms with Gasteiger partial charge in [0.25, 0.3) is 0 Å². The van der Waals surface area contributed by atoms with E-state index in [2.05, 4.69) is 5.32 Å². The summed E-state index contributed by atoms with van der Waals surface area (Å²) in [6, 6.07) is 5.01. The summed E-state index contributed by atoms with van der Waals surface area (Å²) in [5, 5.41) is 12.2. The van der Waals surface area contributed by atoms with Crippen molar-refractivity contribution in [2.24, 2.45) is 11.3 Å². The van der Waals surface area contributed by atoms with Gasteiger partial charge in [-0.3, -0.25) is 9.59 Å². The van der Waals surface area contributed by atoms with Gasteiger partial charge in [0.15, 0.2) is 0 Å². The van der Waals surface area contributed by atoms with Crippen LogP contribution >= 0.6 is 0 Å². The van der Waals surface area contributed by atoms with Crippen LogP contribution in [0.2, 0.25) is 0 Å². The Morgan fingerprint density at radius 3 is 2.58 bits per heavy atom. The average Bonchev–Trinajstić information content (AvgIpc) is 3.40. The normalized spacial score (nSPS) is 24.7. The average molecular weight is 371 g/mol. The fourth-order valence-corrected chi connectivity index (χ4v) is 3.41. The van der Waals surface area contributed by atoms with Crippen LogP contribution < -0.4 is 5.32 Å². The molecule has 1 aliphatic carbocycles. The first-order chi connectivity index (χ1) is 12.2. The summed E-state index contributed by atoms with van der Waals surface area (Å²) in [6.45, 7) is 0.674. The van der Waals surface area contributed by atoms with E-state index in [1.807, 2.05) is 0 Å². The summed E-state index contributed by atoms with van der Waals surface area (Å²) in [6.07, 6.45) is -3.30. The molecule has 0 spiro atoms. The first-order valence-corrected chi connectivity index (χ1v) is 8.49. The molecule has 2 N–H and O–H groups in total. The third kappa shape index (κ3) is 3.85. The third-order valence-corrected chi connectivity index (χ3v) is 5.27.